The van der Waals surface area contributed by atoms with Crippen LogP contribution in [0.5, 0.6) is 23.0 Å². The van der Waals surface area contributed by atoms with Crippen molar-refractivity contribution in [3.8, 4) is 23.0 Å². The van der Waals surface area contributed by atoms with Crippen LogP contribution in [0.15, 0.2) is 78.7 Å². The van der Waals surface area contributed by atoms with Gasteiger partial charge in [0.15, 0.2) is 23.1 Å². The molecule has 2 aromatic carbocycles. The highest BCUT2D eigenvalue weighted by atomic mass is 16.5. The molecule has 0 aliphatic heterocycles. The van der Waals surface area contributed by atoms with Crippen molar-refractivity contribution in [2.75, 3.05) is 32.1 Å². The van der Waals surface area contributed by atoms with Gasteiger partial charge in [0.25, 0.3) is 0 Å². The van der Waals surface area contributed by atoms with Crippen molar-refractivity contribution in [3.63, 3.8) is 0 Å². The molecule has 0 saturated heterocycles. The molecule has 5 rings (SSSR count). The highest BCUT2D eigenvalue weighted by Gasteiger charge is 2.13. The Hall–Kier alpha value is -5.52. The molecule has 0 radical (unpaired) electrons. The second-order valence-corrected chi connectivity index (χ2v) is 8.27. The van der Waals surface area contributed by atoms with Gasteiger partial charge in [0.1, 0.15) is 36.0 Å². The van der Waals surface area contributed by atoms with Crippen LogP contribution in [0.25, 0.3) is 11.0 Å². The van der Waals surface area contributed by atoms with Crippen molar-refractivity contribution in [2.45, 2.75) is 6.61 Å². The Bertz CT molecular complexity index is 1610. The first kappa shape index (κ1) is 26.1. The van der Waals surface area contributed by atoms with Crippen LogP contribution < -0.4 is 29.7 Å². The fraction of sp³-hybridized carbons (Fsp3) is 0.143. The molecule has 0 atom stereocenters. The van der Waals surface area contributed by atoms with E-state index >= 15 is 0 Å². The number of hydrazone groups is 1. The van der Waals surface area contributed by atoms with Gasteiger partial charge in [-0.25, -0.2) is 19.9 Å². The molecule has 12 heteroatoms. The summed E-state index contributed by atoms with van der Waals surface area (Å²) in [5.41, 5.74) is 6.48. The first-order valence-corrected chi connectivity index (χ1v) is 12.1. The molecular formula is C28H26N8O4. The van der Waals surface area contributed by atoms with Crippen molar-refractivity contribution in [3.05, 3.63) is 84.7 Å². The van der Waals surface area contributed by atoms with E-state index in [1.807, 2.05) is 36.4 Å². The number of rotatable bonds is 11. The minimum absolute atomic E-state index is 0.411. The van der Waals surface area contributed by atoms with E-state index in [9.17, 15) is 0 Å². The number of fused-ring (bicyclic) bond motifs is 1. The van der Waals surface area contributed by atoms with Gasteiger partial charge in [0.2, 0.25) is 5.75 Å². The van der Waals surface area contributed by atoms with Gasteiger partial charge < -0.3 is 24.3 Å². The van der Waals surface area contributed by atoms with E-state index in [2.05, 4.69) is 40.8 Å². The van der Waals surface area contributed by atoms with Gasteiger partial charge in [-0.3, -0.25) is 10.4 Å². The van der Waals surface area contributed by atoms with E-state index in [0.717, 1.165) is 16.8 Å². The molecule has 5 aromatic rings. The average molecular weight is 539 g/mol. The Morgan fingerprint density at radius 3 is 2.20 bits per heavy atom. The second-order valence-electron chi connectivity index (χ2n) is 8.27. The number of aromatic nitrogens is 5. The van der Waals surface area contributed by atoms with Gasteiger partial charge in [0, 0.05) is 29.7 Å². The number of ether oxygens (including phenoxy) is 4. The van der Waals surface area contributed by atoms with Crippen molar-refractivity contribution in [1.29, 1.82) is 0 Å². The van der Waals surface area contributed by atoms with Crippen LogP contribution in [-0.4, -0.2) is 52.5 Å². The Morgan fingerprint density at radius 1 is 0.800 bits per heavy atom. The topological polar surface area (TPSA) is 138 Å². The fourth-order valence-electron chi connectivity index (χ4n) is 3.84. The summed E-state index contributed by atoms with van der Waals surface area (Å²) in [6.45, 7) is 0.432. The Labute approximate surface area is 230 Å². The smallest absolute Gasteiger partial charge is 0.203 e. The summed E-state index contributed by atoms with van der Waals surface area (Å²) in [5.74, 6) is 3.17. The average Bonchev–Trinajstić information content (AvgIpc) is 3.00. The standard InChI is InChI=1S/C28H26N8O4/c1-37-22-11-19(12-23(38-2)26(22)39-3)14-34-36-28-25-24(30-17-33-28)27(32-16-31-25)35-20-5-4-6-21(13-20)40-15-18-7-9-29-10-8-18/h4-14,16-17H,15H2,1-3H3,(H,30,33,36)(H,31,32,35)/b34-14+. The van der Waals surface area contributed by atoms with Crippen LogP contribution in [0.4, 0.5) is 17.3 Å². The number of nitrogens with one attached hydrogen (secondary N) is 2. The van der Waals surface area contributed by atoms with E-state index in [1.165, 1.54) is 12.7 Å². The molecule has 0 fully saturated rings. The number of methoxy groups -OCH3 is 3. The van der Waals surface area contributed by atoms with Gasteiger partial charge in [-0.2, -0.15) is 5.10 Å². The lowest BCUT2D eigenvalue weighted by molar-refractivity contribution is 0.306. The molecule has 202 valence electrons. The van der Waals surface area contributed by atoms with Crippen LogP contribution in [0.2, 0.25) is 0 Å². The quantitative estimate of drug-likeness (QED) is 0.180. The zero-order valence-electron chi connectivity index (χ0n) is 22.0. The summed E-state index contributed by atoms with van der Waals surface area (Å²) in [5, 5.41) is 7.61. The SMILES string of the molecule is COc1cc(/C=N/Nc2ncnc3c(Nc4cccc(OCc5ccncc5)c4)ncnc23)cc(OC)c1OC. The lowest BCUT2D eigenvalue weighted by Crippen LogP contribution is -2.02. The van der Waals surface area contributed by atoms with E-state index in [-0.39, 0.29) is 0 Å². The molecule has 3 aromatic heterocycles. The zero-order chi connectivity index (χ0) is 27.7. The zero-order valence-corrected chi connectivity index (χ0v) is 22.0. The number of pyridine rings is 1. The van der Waals surface area contributed by atoms with Crippen molar-refractivity contribution >= 4 is 34.6 Å². The third kappa shape index (κ3) is 5.96. The number of benzene rings is 2. The lowest BCUT2D eigenvalue weighted by Gasteiger charge is -2.12. The number of anilines is 3. The van der Waals surface area contributed by atoms with Gasteiger partial charge in [-0.1, -0.05) is 6.07 Å². The van der Waals surface area contributed by atoms with Crippen LogP contribution in [-0.2, 0) is 6.61 Å². The molecule has 0 amide bonds. The van der Waals surface area contributed by atoms with Gasteiger partial charge >= 0.3 is 0 Å². The van der Waals surface area contributed by atoms with E-state index in [1.54, 1.807) is 52.1 Å². The highest BCUT2D eigenvalue weighted by molar-refractivity contribution is 5.93. The molecule has 0 aliphatic carbocycles. The first-order chi connectivity index (χ1) is 19.7. The third-order valence-electron chi connectivity index (χ3n) is 5.74. The minimum atomic E-state index is 0.411. The van der Waals surface area contributed by atoms with Gasteiger partial charge in [-0.15, -0.1) is 0 Å². The maximum Gasteiger partial charge on any atom is 0.203 e. The molecule has 12 nitrogen and oxygen atoms in total. The normalized spacial score (nSPS) is 10.9. The predicted octanol–water partition coefficient (Wildman–Crippen LogP) is 4.61. The van der Waals surface area contributed by atoms with E-state index in [0.29, 0.717) is 52.3 Å². The maximum absolute atomic E-state index is 5.93. The highest BCUT2D eigenvalue weighted by Crippen LogP contribution is 2.37. The van der Waals surface area contributed by atoms with Gasteiger partial charge in [0.05, 0.1) is 27.5 Å². The van der Waals surface area contributed by atoms with Crippen LogP contribution in [0.1, 0.15) is 11.1 Å². The Kier molecular flexibility index (Phi) is 8.06. The molecule has 0 aliphatic rings. The van der Waals surface area contributed by atoms with Crippen molar-refractivity contribution < 1.29 is 18.9 Å². The van der Waals surface area contributed by atoms with Crippen molar-refractivity contribution in [2.24, 2.45) is 5.10 Å². The molecule has 0 bridgehead atoms. The van der Waals surface area contributed by atoms with Gasteiger partial charge in [-0.05, 0) is 42.0 Å². The predicted molar refractivity (Wildman–Crippen MR) is 151 cm³/mol. The maximum atomic E-state index is 5.93. The summed E-state index contributed by atoms with van der Waals surface area (Å²) >= 11 is 0. The molecule has 0 saturated carbocycles. The minimum Gasteiger partial charge on any atom is -0.493 e. The summed E-state index contributed by atoms with van der Waals surface area (Å²) in [6, 6.07) is 15.0. The van der Waals surface area contributed by atoms with E-state index in [4.69, 9.17) is 18.9 Å². The van der Waals surface area contributed by atoms with Crippen LogP contribution in [0.3, 0.4) is 0 Å². The number of hydrogen-bond donors (Lipinski definition) is 2. The molecule has 40 heavy (non-hydrogen) atoms. The molecule has 0 unspecified atom stereocenters. The van der Waals surface area contributed by atoms with Crippen LogP contribution in [0, 0.1) is 0 Å². The number of hydrogen-bond acceptors (Lipinski definition) is 12. The molecule has 3 heterocycles. The Morgan fingerprint density at radius 2 is 1.50 bits per heavy atom. The van der Waals surface area contributed by atoms with Crippen molar-refractivity contribution in [1.82, 2.24) is 24.9 Å². The largest absolute Gasteiger partial charge is 0.493 e. The fourth-order valence-corrected chi connectivity index (χ4v) is 3.84. The van der Waals surface area contributed by atoms with Crippen LogP contribution >= 0.6 is 0 Å². The second kappa shape index (κ2) is 12.3. The molecule has 2 N–H and O–H groups in total. The number of nitrogens with zero attached hydrogens (tertiary/aromatic N) is 6. The summed E-state index contributed by atoms with van der Waals surface area (Å²) < 4.78 is 22.1. The summed E-state index contributed by atoms with van der Waals surface area (Å²) in [7, 11) is 4.66. The molecule has 0 spiro atoms. The first-order valence-electron chi connectivity index (χ1n) is 12.1. The lowest BCUT2D eigenvalue weighted by atomic mass is 10.2. The monoisotopic (exact) mass is 538 g/mol. The third-order valence-corrected chi connectivity index (χ3v) is 5.74. The van der Waals surface area contributed by atoms with E-state index < -0.39 is 0 Å². The molecular weight excluding hydrogens is 512 g/mol. The summed E-state index contributed by atoms with van der Waals surface area (Å²) in [6.07, 6.45) is 7.94. The summed E-state index contributed by atoms with van der Waals surface area (Å²) in [4.78, 5) is 21.5. The Balaban J connectivity index is 1.33.